The molecule has 1 amide bonds. The second kappa shape index (κ2) is 9.03. The van der Waals surface area contributed by atoms with E-state index in [9.17, 15) is 4.79 Å². The van der Waals surface area contributed by atoms with E-state index in [0.717, 1.165) is 15.6 Å². The average molecular weight is 407 g/mol. The lowest BCUT2D eigenvalue weighted by Crippen LogP contribution is -2.21. The van der Waals surface area contributed by atoms with Crippen molar-refractivity contribution in [3.63, 3.8) is 0 Å². The molecule has 0 spiro atoms. The molecule has 4 rings (SSSR count). The number of ether oxygens (including phenoxy) is 2. The Balaban J connectivity index is 1.70. The van der Waals surface area contributed by atoms with Crippen molar-refractivity contribution in [1.29, 1.82) is 0 Å². The largest absolute Gasteiger partial charge is 0.484 e. The molecular weight excluding hydrogens is 384 g/mol. The van der Waals surface area contributed by atoms with Crippen molar-refractivity contribution in [3.8, 4) is 5.75 Å². The summed E-state index contributed by atoms with van der Waals surface area (Å²) in [5, 5.41) is 2.33. The van der Waals surface area contributed by atoms with Crippen LogP contribution in [0.15, 0.2) is 71.7 Å². The topological polar surface area (TPSA) is 52.8 Å². The Morgan fingerprint density at radius 1 is 1.03 bits per heavy atom. The highest BCUT2D eigenvalue weighted by atomic mass is 32.1. The summed E-state index contributed by atoms with van der Waals surface area (Å²) < 4.78 is 14.3. The van der Waals surface area contributed by atoms with Gasteiger partial charge >= 0.3 is 0 Å². The van der Waals surface area contributed by atoms with E-state index in [1.54, 1.807) is 0 Å². The van der Waals surface area contributed by atoms with Crippen LogP contribution in [-0.4, -0.2) is 30.3 Å². The quantitative estimate of drug-likeness (QED) is 0.428. The summed E-state index contributed by atoms with van der Waals surface area (Å²) in [5.41, 5.74) is 1.06. The number of carbonyl (C=O) groups excluding carboxylic acids is 1. The van der Waals surface area contributed by atoms with Crippen LogP contribution in [0, 0.1) is 0 Å². The fraction of sp³-hybridized carbons (Fsp3) is 0.217. The van der Waals surface area contributed by atoms with Crippen LogP contribution in [-0.2, 0) is 16.1 Å². The summed E-state index contributed by atoms with van der Waals surface area (Å²) in [6.07, 6.45) is 0. The second-order valence-corrected chi connectivity index (χ2v) is 7.45. The fourth-order valence-corrected chi connectivity index (χ4v) is 4.41. The van der Waals surface area contributed by atoms with E-state index < -0.39 is 0 Å². The van der Waals surface area contributed by atoms with Gasteiger partial charge in [0.15, 0.2) is 11.4 Å². The molecule has 3 aromatic carbocycles. The minimum atomic E-state index is -0.310. The third-order valence-corrected chi connectivity index (χ3v) is 5.69. The van der Waals surface area contributed by atoms with Gasteiger partial charge in [0.25, 0.3) is 5.91 Å². The number of rotatable bonds is 7. The lowest BCUT2D eigenvalue weighted by Gasteiger charge is -2.06. The van der Waals surface area contributed by atoms with Gasteiger partial charge in [-0.1, -0.05) is 59.9 Å². The van der Waals surface area contributed by atoms with Crippen molar-refractivity contribution in [2.75, 3.05) is 19.8 Å². The van der Waals surface area contributed by atoms with Crippen LogP contribution in [0.5, 0.6) is 5.75 Å². The van der Waals surface area contributed by atoms with Gasteiger partial charge in [0.2, 0.25) is 0 Å². The molecule has 0 aliphatic heterocycles. The Morgan fingerprint density at radius 3 is 2.66 bits per heavy atom. The summed E-state index contributed by atoms with van der Waals surface area (Å²) in [6.45, 7) is 3.74. The van der Waals surface area contributed by atoms with Gasteiger partial charge in [-0.25, -0.2) is 0 Å². The molecule has 1 aromatic heterocycles. The normalized spacial score (nSPS) is 12.0. The lowest BCUT2D eigenvalue weighted by molar-refractivity contribution is -0.120. The molecule has 1 heterocycles. The molecule has 0 fully saturated rings. The van der Waals surface area contributed by atoms with Crippen LogP contribution in [0.1, 0.15) is 6.92 Å². The fourth-order valence-electron chi connectivity index (χ4n) is 3.20. The van der Waals surface area contributed by atoms with Gasteiger partial charge in [-0.05, 0) is 30.5 Å². The molecule has 0 N–H and O–H groups in total. The number of thiazole rings is 1. The Bertz CT molecular complexity index is 1200. The number of nitrogens with zero attached hydrogens (tertiary/aromatic N) is 2. The monoisotopic (exact) mass is 406 g/mol. The van der Waals surface area contributed by atoms with E-state index in [1.165, 1.54) is 16.7 Å². The van der Waals surface area contributed by atoms with Crippen molar-refractivity contribution in [2.24, 2.45) is 4.99 Å². The number of hydrogen-bond donors (Lipinski definition) is 0. The maximum Gasteiger partial charge on any atom is 0.286 e. The predicted octanol–water partition coefficient (Wildman–Crippen LogP) is 4.40. The molecule has 0 aliphatic rings. The van der Waals surface area contributed by atoms with Gasteiger partial charge in [-0.15, -0.1) is 0 Å². The first-order valence-electron chi connectivity index (χ1n) is 9.60. The van der Waals surface area contributed by atoms with Gasteiger partial charge in [0.05, 0.1) is 16.8 Å². The molecule has 0 radical (unpaired) electrons. The second-order valence-electron chi connectivity index (χ2n) is 6.48. The number of hydrogen-bond acceptors (Lipinski definition) is 4. The zero-order valence-electron chi connectivity index (χ0n) is 16.2. The minimum Gasteiger partial charge on any atom is -0.484 e. The van der Waals surface area contributed by atoms with Crippen LogP contribution in [0.25, 0.3) is 21.0 Å². The molecule has 4 aromatic rings. The van der Waals surface area contributed by atoms with Gasteiger partial charge in [0.1, 0.15) is 5.75 Å². The Labute approximate surface area is 172 Å². The van der Waals surface area contributed by atoms with Crippen molar-refractivity contribution in [3.05, 3.63) is 71.5 Å². The highest BCUT2D eigenvalue weighted by Gasteiger charge is 2.11. The number of aromatic nitrogens is 1. The van der Waals surface area contributed by atoms with E-state index in [-0.39, 0.29) is 12.5 Å². The van der Waals surface area contributed by atoms with Gasteiger partial charge in [-0.3, -0.25) is 4.79 Å². The predicted molar refractivity (Wildman–Crippen MR) is 116 cm³/mol. The Morgan fingerprint density at radius 2 is 1.83 bits per heavy atom. The summed E-state index contributed by atoms with van der Waals surface area (Å²) in [4.78, 5) is 17.5. The van der Waals surface area contributed by atoms with Crippen LogP contribution in [0.2, 0.25) is 0 Å². The third kappa shape index (κ3) is 4.39. The van der Waals surface area contributed by atoms with Crippen molar-refractivity contribution in [1.82, 2.24) is 4.57 Å². The number of amides is 1. The van der Waals surface area contributed by atoms with Crippen LogP contribution in [0.4, 0.5) is 0 Å². The summed E-state index contributed by atoms with van der Waals surface area (Å²) >= 11 is 1.53. The molecule has 0 atom stereocenters. The van der Waals surface area contributed by atoms with E-state index >= 15 is 0 Å². The standard InChI is InChI=1S/C23H22N2O3S/c1-2-27-15-14-25-20-13-12-17-8-6-7-11-19(17)22(20)29-23(25)24-21(26)16-28-18-9-4-3-5-10-18/h3-13H,2,14-16H2,1H3. The highest BCUT2D eigenvalue weighted by molar-refractivity contribution is 7.17. The summed E-state index contributed by atoms with van der Waals surface area (Å²) in [5.74, 6) is 0.345. The molecule has 5 nitrogen and oxygen atoms in total. The average Bonchev–Trinajstić information content (AvgIpc) is 3.11. The zero-order valence-corrected chi connectivity index (χ0v) is 17.0. The van der Waals surface area contributed by atoms with E-state index in [1.807, 2.05) is 49.4 Å². The van der Waals surface area contributed by atoms with Crippen LogP contribution >= 0.6 is 11.3 Å². The molecular formula is C23H22N2O3S. The zero-order chi connectivity index (χ0) is 20.1. The maximum absolute atomic E-state index is 12.5. The molecule has 0 saturated carbocycles. The number of carbonyl (C=O) groups is 1. The number of fused-ring (bicyclic) bond motifs is 3. The molecule has 148 valence electrons. The molecule has 0 saturated heterocycles. The first-order valence-corrected chi connectivity index (χ1v) is 10.4. The molecule has 29 heavy (non-hydrogen) atoms. The molecule has 0 bridgehead atoms. The molecule has 0 aliphatic carbocycles. The van der Waals surface area contributed by atoms with Crippen LogP contribution in [0.3, 0.4) is 0 Å². The van der Waals surface area contributed by atoms with E-state index in [0.29, 0.717) is 30.3 Å². The van der Waals surface area contributed by atoms with E-state index in [2.05, 4.69) is 33.8 Å². The van der Waals surface area contributed by atoms with Gasteiger partial charge in [-0.2, -0.15) is 4.99 Å². The van der Waals surface area contributed by atoms with Gasteiger partial charge in [0, 0.05) is 18.5 Å². The number of benzene rings is 3. The Hall–Kier alpha value is -2.96. The third-order valence-electron chi connectivity index (χ3n) is 4.56. The molecule has 6 heteroatoms. The van der Waals surface area contributed by atoms with Crippen molar-refractivity contribution in [2.45, 2.75) is 13.5 Å². The first-order chi connectivity index (χ1) is 14.3. The van der Waals surface area contributed by atoms with Crippen LogP contribution < -0.4 is 9.54 Å². The summed E-state index contributed by atoms with van der Waals surface area (Å²) in [7, 11) is 0. The summed E-state index contributed by atoms with van der Waals surface area (Å²) in [6, 6.07) is 21.7. The maximum atomic E-state index is 12.5. The molecule has 0 unspecified atom stereocenters. The van der Waals surface area contributed by atoms with Crippen molar-refractivity contribution >= 4 is 38.2 Å². The van der Waals surface area contributed by atoms with Crippen molar-refractivity contribution < 1.29 is 14.3 Å². The Kier molecular flexibility index (Phi) is 6.03. The number of para-hydroxylation sites is 1. The van der Waals surface area contributed by atoms with E-state index in [4.69, 9.17) is 9.47 Å². The lowest BCUT2D eigenvalue weighted by atomic mass is 10.1. The first kappa shape index (κ1) is 19.4. The highest BCUT2D eigenvalue weighted by Crippen LogP contribution is 2.27. The SMILES string of the molecule is CCOCCn1c(=NC(=O)COc2ccccc2)sc2c3ccccc3ccc21. The van der Waals surface area contributed by atoms with Gasteiger partial charge < -0.3 is 14.0 Å². The minimum absolute atomic E-state index is 0.0928. The smallest absolute Gasteiger partial charge is 0.286 e.